The molecule has 0 spiro atoms. The number of nitrogens with zero attached hydrogens (tertiary/aromatic N) is 4. The molecule has 0 radical (unpaired) electrons. The summed E-state index contributed by atoms with van der Waals surface area (Å²) in [6.45, 7) is 1.52. The predicted molar refractivity (Wildman–Crippen MR) is 108 cm³/mol. The minimum Gasteiger partial charge on any atom is -0.460 e. The summed E-state index contributed by atoms with van der Waals surface area (Å²) in [7, 11) is 0. The lowest BCUT2D eigenvalue weighted by Gasteiger charge is -2.33. The van der Waals surface area contributed by atoms with Crippen LogP contribution in [0, 0.1) is 11.3 Å². The Hall–Kier alpha value is -3.69. The Balaban J connectivity index is 1.46. The van der Waals surface area contributed by atoms with Crippen molar-refractivity contribution in [1.29, 1.82) is 5.26 Å². The number of benzene rings is 1. The van der Waals surface area contributed by atoms with Crippen LogP contribution in [0.2, 0.25) is 0 Å². The van der Waals surface area contributed by atoms with Gasteiger partial charge >= 0.3 is 0 Å². The molecule has 0 saturated heterocycles. The second-order valence-electron chi connectivity index (χ2n) is 7.07. The summed E-state index contributed by atoms with van der Waals surface area (Å²) in [6, 6.07) is 19.6. The molecular weight excluding hydrogens is 362 g/mol. The van der Waals surface area contributed by atoms with Gasteiger partial charge in [-0.2, -0.15) is 5.26 Å². The van der Waals surface area contributed by atoms with Crippen molar-refractivity contribution >= 4 is 0 Å². The van der Waals surface area contributed by atoms with Crippen LogP contribution in [-0.4, -0.2) is 26.4 Å². The first-order valence-corrected chi connectivity index (χ1v) is 9.59. The molecule has 1 aliphatic heterocycles. The van der Waals surface area contributed by atoms with Gasteiger partial charge in [0.2, 0.25) is 0 Å². The van der Waals surface area contributed by atoms with Crippen molar-refractivity contribution in [2.75, 3.05) is 6.54 Å². The highest BCUT2D eigenvalue weighted by molar-refractivity contribution is 5.66. The number of nitrogens with one attached hydrogen (secondary N) is 1. The zero-order chi connectivity index (χ0) is 19.6. The first kappa shape index (κ1) is 17.4. The monoisotopic (exact) mass is 381 g/mol. The van der Waals surface area contributed by atoms with E-state index in [1.165, 1.54) is 5.69 Å². The number of fused-ring (bicyclic) bond motifs is 1. The molecule has 1 aliphatic rings. The Morgan fingerprint density at radius 1 is 1.10 bits per heavy atom. The molecule has 1 atom stereocenters. The summed E-state index contributed by atoms with van der Waals surface area (Å²) in [4.78, 5) is 14.8. The van der Waals surface area contributed by atoms with Crippen LogP contribution in [0.25, 0.3) is 11.3 Å². The molecular formula is C23H19N5O. The van der Waals surface area contributed by atoms with Crippen molar-refractivity contribution in [2.24, 2.45) is 0 Å². The maximum atomic E-state index is 9.36. The van der Waals surface area contributed by atoms with Gasteiger partial charge in [0, 0.05) is 30.4 Å². The molecule has 6 heteroatoms. The third-order valence-electron chi connectivity index (χ3n) is 5.33. The zero-order valence-corrected chi connectivity index (χ0v) is 15.7. The van der Waals surface area contributed by atoms with Gasteiger partial charge in [0.25, 0.3) is 0 Å². The number of hydrogen-bond acceptors (Lipinski definition) is 5. The molecule has 0 saturated carbocycles. The molecule has 29 heavy (non-hydrogen) atoms. The SMILES string of the molecule is N#Cc1ccccc1-c1ccc(CN2CCc3[nH]cnc3[C@H]2c2ccccn2)o1. The Kier molecular flexibility index (Phi) is 4.43. The maximum absolute atomic E-state index is 9.36. The van der Waals surface area contributed by atoms with E-state index >= 15 is 0 Å². The van der Waals surface area contributed by atoms with Gasteiger partial charge in [-0.15, -0.1) is 0 Å². The molecule has 5 rings (SSSR count). The first-order chi connectivity index (χ1) is 14.3. The Labute approximate surface area is 168 Å². The number of H-pyrrole nitrogens is 1. The average molecular weight is 381 g/mol. The highest BCUT2D eigenvalue weighted by Crippen LogP contribution is 2.34. The van der Waals surface area contributed by atoms with Crippen molar-refractivity contribution in [3.8, 4) is 17.4 Å². The molecule has 4 heterocycles. The third kappa shape index (κ3) is 3.22. The molecule has 0 unspecified atom stereocenters. The van der Waals surface area contributed by atoms with Gasteiger partial charge in [0.1, 0.15) is 11.5 Å². The summed E-state index contributed by atoms with van der Waals surface area (Å²) in [6.07, 6.45) is 4.48. The van der Waals surface area contributed by atoms with Crippen LogP contribution in [-0.2, 0) is 13.0 Å². The molecule has 1 N–H and O–H groups in total. The molecule has 3 aromatic heterocycles. The largest absolute Gasteiger partial charge is 0.460 e. The van der Waals surface area contributed by atoms with Crippen molar-refractivity contribution in [2.45, 2.75) is 19.0 Å². The van der Waals surface area contributed by atoms with Crippen LogP contribution in [0.4, 0.5) is 0 Å². The van der Waals surface area contributed by atoms with E-state index in [1.54, 1.807) is 12.4 Å². The average Bonchev–Trinajstić information content (AvgIpc) is 3.44. The van der Waals surface area contributed by atoms with Gasteiger partial charge in [-0.05, 0) is 36.4 Å². The van der Waals surface area contributed by atoms with Gasteiger partial charge in [-0.3, -0.25) is 9.88 Å². The molecule has 0 aliphatic carbocycles. The van der Waals surface area contributed by atoms with Gasteiger partial charge in [0.15, 0.2) is 0 Å². The summed E-state index contributed by atoms with van der Waals surface area (Å²) >= 11 is 0. The predicted octanol–water partition coefficient (Wildman–Crippen LogP) is 4.08. The van der Waals surface area contributed by atoms with Gasteiger partial charge in [-0.1, -0.05) is 18.2 Å². The molecule has 1 aromatic carbocycles. The second-order valence-corrected chi connectivity index (χ2v) is 7.07. The van der Waals surface area contributed by atoms with Crippen molar-refractivity contribution in [3.05, 3.63) is 95.5 Å². The van der Waals surface area contributed by atoms with Crippen LogP contribution in [0.5, 0.6) is 0 Å². The van der Waals surface area contributed by atoms with E-state index in [-0.39, 0.29) is 6.04 Å². The molecule has 0 amide bonds. The van der Waals surface area contributed by atoms with E-state index in [2.05, 4.69) is 25.9 Å². The number of nitriles is 1. The number of imidazole rings is 1. The minimum atomic E-state index is -0.0221. The lowest BCUT2D eigenvalue weighted by Crippen LogP contribution is -2.36. The Morgan fingerprint density at radius 3 is 2.86 bits per heavy atom. The number of hydrogen-bond donors (Lipinski definition) is 1. The fraction of sp³-hybridized carbons (Fsp3) is 0.174. The summed E-state index contributed by atoms with van der Waals surface area (Å²) < 4.78 is 6.13. The summed E-state index contributed by atoms with van der Waals surface area (Å²) in [5.41, 5.74) is 4.59. The number of aromatic amines is 1. The Morgan fingerprint density at radius 2 is 2.00 bits per heavy atom. The highest BCUT2D eigenvalue weighted by Gasteiger charge is 2.32. The summed E-state index contributed by atoms with van der Waals surface area (Å²) in [5.74, 6) is 1.57. The molecule has 0 bridgehead atoms. The van der Waals surface area contributed by atoms with E-state index in [0.29, 0.717) is 17.9 Å². The number of pyridine rings is 1. The van der Waals surface area contributed by atoms with Crippen LogP contribution in [0.3, 0.4) is 0 Å². The Bertz CT molecular complexity index is 1170. The third-order valence-corrected chi connectivity index (χ3v) is 5.33. The van der Waals surface area contributed by atoms with E-state index < -0.39 is 0 Å². The first-order valence-electron chi connectivity index (χ1n) is 9.59. The quantitative estimate of drug-likeness (QED) is 0.576. The standard InChI is InChI=1S/C23H19N5O/c24-13-16-5-1-2-6-18(16)21-9-8-17(29-21)14-28-12-10-19-22(27-15-26-19)23(28)20-7-3-4-11-25-20/h1-9,11,15,23H,10,12,14H2,(H,26,27)/t23-/m1/s1. The molecule has 4 aromatic rings. The van der Waals surface area contributed by atoms with E-state index in [0.717, 1.165) is 35.7 Å². The fourth-order valence-electron chi connectivity index (χ4n) is 3.96. The normalized spacial score (nSPS) is 16.3. The lowest BCUT2D eigenvalue weighted by molar-refractivity contribution is 0.183. The zero-order valence-electron chi connectivity index (χ0n) is 15.7. The topological polar surface area (TPSA) is 81.7 Å². The number of furan rings is 1. The van der Waals surface area contributed by atoms with Crippen LogP contribution >= 0.6 is 0 Å². The molecule has 0 fully saturated rings. The van der Waals surface area contributed by atoms with Gasteiger partial charge < -0.3 is 9.40 Å². The number of aromatic nitrogens is 3. The van der Waals surface area contributed by atoms with Crippen LogP contribution < -0.4 is 0 Å². The van der Waals surface area contributed by atoms with Gasteiger partial charge in [0.05, 0.1) is 41.9 Å². The minimum absolute atomic E-state index is 0.0221. The van der Waals surface area contributed by atoms with E-state index in [4.69, 9.17) is 4.42 Å². The van der Waals surface area contributed by atoms with Crippen LogP contribution in [0.15, 0.2) is 71.5 Å². The lowest BCUT2D eigenvalue weighted by atomic mass is 9.99. The van der Waals surface area contributed by atoms with Crippen molar-refractivity contribution < 1.29 is 4.42 Å². The smallest absolute Gasteiger partial charge is 0.135 e. The molecule has 142 valence electrons. The number of rotatable bonds is 4. The maximum Gasteiger partial charge on any atom is 0.135 e. The van der Waals surface area contributed by atoms with Crippen LogP contribution in [0.1, 0.15) is 34.4 Å². The van der Waals surface area contributed by atoms with E-state index in [9.17, 15) is 5.26 Å². The highest BCUT2D eigenvalue weighted by atomic mass is 16.3. The van der Waals surface area contributed by atoms with Crippen molar-refractivity contribution in [3.63, 3.8) is 0 Å². The molecule has 6 nitrogen and oxygen atoms in total. The van der Waals surface area contributed by atoms with E-state index in [1.807, 2.05) is 54.7 Å². The fourth-order valence-corrected chi connectivity index (χ4v) is 3.96. The van der Waals surface area contributed by atoms with Gasteiger partial charge in [-0.25, -0.2) is 4.98 Å². The van der Waals surface area contributed by atoms with Crippen molar-refractivity contribution in [1.82, 2.24) is 19.9 Å². The summed E-state index contributed by atoms with van der Waals surface area (Å²) in [5, 5.41) is 9.36. The second kappa shape index (κ2) is 7.38.